The molecule has 1 unspecified atom stereocenters. The van der Waals surface area contributed by atoms with Gasteiger partial charge in [0.1, 0.15) is 30.2 Å². The molecule has 1 aromatic rings. The third-order valence-corrected chi connectivity index (χ3v) is 11.7. The first kappa shape index (κ1) is 48.5. The van der Waals surface area contributed by atoms with Crippen LogP contribution in [0.25, 0.3) is 0 Å². The molecule has 62 heavy (non-hydrogen) atoms. The SMILES string of the molecule is COC(=O)/C=C/CC[C@H](NC(=O)c1cc([N+](=O)[O-])ccc1C(=O)O)C(=O)N[C@H](C(=O)N1CC=C[C@H]1C(=O)NC(C(=O)N[C@H](C(N)=O)C1CCCCC1)C1CCCCC1)C(C)(C)C. The number of allylic oxidation sites excluding steroid dienone is 1. The first-order valence-corrected chi connectivity index (χ1v) is 21.1. The lowest BCUT2D eigenvalue weighted by Crippen LogP contribution is -2.62. The second-order valence-electron chi connectivity index (χ2n) is 17.2. The van der Waals surface area contributed by atoms with Crippen LogP contribution in [0.3, 0.4) is 0 Å². The van der Waals surface area contributed by atoms with Crippen molar-refractivity contribution < 1.29 is 53.1 Å². The number of aromatic carboxylic acids is 1. The second kappa shape index (κ2) is 22.1. The summed E-state index contributed by atoms with van der Waals surface area (Å²) < 4.78 is 4.60. The maximum Gasteiger partial charge on any atom is 0.336 e. The van der Waals surface area contributed by atoms with Crippen molar-refractivity contribution in [2.75, 3.05) is 13.7 Å². The average molecular weight is 866 g/mol. The summed E-state index contributed by atoms with van der Waals surface area (Å²) in [6, 6.07) is -3.28. The van der Waals surface area contributed by atoms with Crippen LogP contribution >= 0.6 is 0 Å². The Hall–Kier alpha value is -6.14. The minimum atomic E-state index is -1.55. The molecular formula is C43H59N7O12. The van der Waals surface area contributed by atoms with Gasteiger partial charge in [0, 0.05) is 24.8 Å². The fraction of sp³-hybridized carbons (Fsp3) is 0.581. The molecule has 19 nitrogen and oxygen atoms in total. The normalized spacial score (nSPS) is 19.1. The molecule has 338 valence electrons. The summed E-state index contributed by atoms with van der Waals surface area (Å²) in [5, 5.41) is 32.1. The first-order chi connectivity index (χ1) is 29.3. The molecule has 6 amide bonds. The number of nitrogens with two attached hydrogens (primary N) is 1. The number of hydrogen-bond donors (Lipinski definition) is 6. The van der Waals surface area contributed by atoms with Gasteiger partial charge >= 0.3 is 11.9 Å². The first-order valence-electron chi connectivity index (χ1n) is 21.1. The molecule has 2 aliphatic carbocycles. The van der Waals surface area contributed by atoms with Crippen LogP contribution in [-0.2, 0) is 33.5 Å². The lowest BCUT2D eigenvalue weighted by atomic mass is 9.81. The van der Waals surface area contributed by atoms with Crippen molar-refractivity contribution in [1.29, 1.82) is 0 Å². The fourth-order valence-electron chi connectivity index (χ4n) is 8.31. The Balaban J connectivity index is 1.57. The van der Waals surface area contributed by atoms with E-state index < -0.39 is 105 Å². The average Bonchev–Trinajstić information content (AvgIpc) is 3.74. The predicted octanol–water partition coefficient (Wildman–Crippen LogP) is 2.81. The van der Waals surface area contributed by atoms with Crippen LogP contribution < -0.4 is 27.0 Å². The van der Waals surface area contributed by atoms with Crippen LogP contribution in [0.4, 0.5) is 5.69 Å². The van der Waals surface area contributed by atoms with Gasteiger partial charge in [0.25, 0.3) is 11.6 Å². The Bertz CT molecular complexity index is 1930. The van der Waals surface area contributed by atoms with Crippen LogP contribution in [0.15, 0.2) is 42.5 Å². The molecule has 7 N–H and O–H groups in total. The Kier molecular flexibility index (Phi) is 17.3. The number of benzene rings is 1. The van der Waals surface area contributed by atoms with Crippen molar-refractivity contribution in [2.45, 2.75) is 128 Å². The van der Waals surface area contributed by atoms with Crippen LogP contribution in [0.2, 0.25) is 0 Å². The lowest BCUT2D eigenvalue weighted by Gasteiger charge is -2.37. The summed E-state index contributed by atoms with van der Waals surface area (Å²) in [5.74, 6) is -7.06. The number of nitro benzene ring substituents is 1. The number of carboxylic acids is 1. The molecule has 1 aromatic carbocycles. The number of carboxylic acid groups (broad SMARTS) is 1. The maximum atomic E-state index is 14.5. The maximum absolute atomic E-state index is 14.5. The number of non-ortho nitro benzene ring substituents is 1. The molecule has 4 rings (SSSR count). The fourth-order valence-corrected chi connectivity index (χ4v) is 8.31. The van der Waals surface area contributed by atoms with E-state index in [9.17, 15) is 53.6 Å². The smallest absolute Gasteiger partial charge is 0.336 e. The van der Waals surface area contributed by atoms with E-state index in [1.807, 2.05) is 0 Å². The molecule has 19 heteroatoms. The monoisotopic (exact) mass is 865 g/mol. The van der Waals surface area contributed by atoms with Crippen molar-refractivity contribution >= 4 is 53.1 Å². The van der Waals surface area contributed by atoms with E-state index in [0.717, 1.165) is 75.6 Å². The Morgan fingerprint density at radius 1 is 0.887 bits per heavy atom. The van der Waals surface area contributed by atoms with Crippen molar-refractivity contribution in [3.8, 4) is 0 Å². The van der Waals surface area contributed by atoms with E-state index >= 15 is 0 Å². The van der Waals surface area contributed by atoms with Crippen molar-refractivity contribution in [1.82, 2.24) is 26.2 Å². The molecule has 2 saturated carbocycles. The molecular weight excluding hydrogens is 807 g/mol. The molecule has 0 saturated heterocycles. The number of ether oxygens (including phenoxy) is 1. The number of methoxy groups -OCH3 is 1. The van der Waals surface area contributed by atoms with Gasteiger partial charge in [0.2, 0.25) is 29.5 Å². The zero-order valence-electron chi connectivity index (χ0n) is 35.7. The molecule has 3 aliphatic rings. The Labute approximate surface area is 360 Å². The largest absolute Gasteiger partial charge is 0.478 e. The summed E-state index contributed by atoms with van der Waals surface area (Å²) in [7, 11) is 1.17. The van der Waals surface area contributed by atoms with E-state index in [1.165, 1.54) is 24.2 Å². The summed E-state index contributed by atoms with van der Waals surface area (Å²) in [4.78, 5) is 119. The third kappa shape index (κ3) is 12.9. The van der Waals surface area contributed by atoms with Gasteiger partial charge in [0.05, 0.1) is 23.2 Å². The van der Waals surface area contributed by atoms with Crippen molar-refractivity contribution in [2.24, 2.45) is 23.0 Å². The summed E-state index contributed by atoms with van der Waals surface area (Å²) >= 11 is 0. The molecule has 0 radical (unpaired) electrons. The van der Waals surface area contributed by atoms with Gasteiger partial charge in [-0.25, -0.2) is 9.59 Å². The summed E-state index contributed by atoms with van der Waals surface area (Å²) in [5.41, 5.74) is 3.06. The number of nitro groups is 1. The lowest BCUT2D eigenvalue weighted by molar-refractivity contribution is -0.384. The zero-order valence-corrected chi connectivity index (χ0v) is 35.7. The molecule has 2 fully saturated rings. The zero-order chi connectivity index (χ0) is 45.7. The van der Waals surface area contributed by atoms with E-state index in [-0.39, 0.29) is 31.2 Å². The molecule has 5 atom stereocenters. The number of esters is 1. The topological polar surface area (TPSA) is 287 Å². The number of carbonyl (C=O) groups excluding carboxylic acids is 7. The Morgan fingerprint density at radius 2 is 1.50 bits per heavy atom. The van der Waals surface area contributed by atoms with Gasteiger partial charge in [-0.1, -0.05) is 77.5 Å². The highest BCUT2D eigenvalue weighted by atomic mass is 16.6. The molecule has 1 heterocycles. The van der Waals surface area contributed by atoms with E-state index in [2.05, 4.69) is 26.0 Å². The van der Waals surface area contributed by atoms with Gasteiger partial charge in [0.15, 0.2) is 0 Å². The van der Waals surface area contributed by atoms with E-state index in [1.54, 1.807) is 26.8 Å². The highest BCUT2D eigenvalue weighted by molar-refractivity contribution is 6.07. The third-order valence-electron chi connectivity index (χ3n) is 11.7. The molecule has 0 spiro atoms. The number of primary amides is 1. The van der Waals surface area contributed by atoms with Crippen molar-refractivity contribution in [3.05, 3.63) is 63.7 Å². The standard InChI is InChI=1S/C43H59N7O12/c1-43(2,3)35(48-38(54)30(18-11-12-20-32(51)62-4)45-37(53)29-24-27(50(60)61)21-22-28(29)42(58)59)41(57)49-23-13-19-31(49)39(55)47-34(26-16-9-6-10-17-26)40(56)46-33(36(44)52)25-14-7-5-8-15-25/h12-13,19-22,24-26,30-31,33-35H,5-11,14-18,23H2,1-4H3,(H2,44,52)(H,45,53)(H,46,56)(H,47,55)(H,48,54)(H,58,59)/b20-12+/t30-,31-,33-,34?,35+/m0/s1. The Morgan fingerprint density at radius 3 is 2.05 bits per heavy atom. The molecule has 0 bridgehead atoms. The van der Waals surface area contributed by atoms with Gasteiger partial charge < -0.3 is 41.7 Å². The number of amides is 6. The van der Waals surface area contributed by atoms with Crippen LogP contribution in [-0.4, -0.2) is 106 Å². The van der Waals surface area contributed by atoms with Gasteiger partial charge in [-0.15, -0.1) is 0 Å². The van der Waals surface area contributed by atoms with Gasteiger partial charge in [-0.05, 0) is 61.8 Å². The second-order valence-corrected chi connectivity index (χ2v) is 17.2. The minimum Gasteiger partial charge on any atom is -0.478 e. The van der Waals surface area contributed by atoms with Crippen LogP contribution in [0.5, 0.6) is 0 Å². The summed E-state index contributed by atoms with van der Waals surface area (Å²) in [6.07, 6.45) is 13.8. The number of nitrogens with zero attached hydrogens (tertiary/aromatic N) is 2. The number of rotatable bonds is 18. The van der Waals surface area contributed by atoms with E-state index in [4.69, 9.17) is 5.73 Å². The van der Waals surface area contributed by atoms with Crippen LogP contribution in [0.1, 0.15) is 119 Å². The highest BCUT2D eigenvalue weighted by Gasteiger charge is 2.43. The van der Waals surface area contributed by atoms with Crippen LogP contribution in [0, 0.1) is 27.4 Å². The minimum absolute atomic E-state index is 0.0111. The summed E-state index contributed by atoms with van der Waals surface area (Å²) in [6.45, 7) is 5.01. The van der Waals surface area contributed by atoms with Gasteiger partial charge in [-0.2, -0.15) is 0 Å². The van der Waals surface area contributed by atoms with Gasteiger partial charge in [-0.3, -0.25) is 38.9 Å². The van der Waals surface area contributed by atoms with E-state index in [0.29, 0.717) is 12.8 Å². The molecule has 0 aromatic heterocycles. The number of carbonyl (C=O) groups is 8. The number of hydrogen-bond acceptors (Lipinski definition) is 11. The quantitative estimate of drug-likeness (QED) is 0.0409. The predicted molar refractivity (Wildman–Crippen MR) is 224 cm³/mol. The van der Waals surface area contributed by atoms with Crippen molar-refractivity contribution in [3.63, 3.8) is 0 Å². The highest BCUT2D eigenvalue weighted by Crippen LogP contribution is 2.30. The number of nitrogens with one attached hydrogen (secondary N) is 4. The molecule has 1 aliphatic heterocycles.